The van der Waals surface area contributed by atoms with E-state index < -0.39 is 0 Å². The molecule has 1 aromatic carbocycles. The van der Waals surface area contributed by atoms with Gasteiger partial charge in [-0.3, -0.25) is 9.79 Å². The Bertz CT molecular complexity index is 864. The van der Waals surface area contributed by atoms with Crippen molar-refractivity contribution in [3.63, 3.8) is 0 Å². The minimum absolute atomic E-state index is 0.0593. The number of nitrogens with one attached hydrogen (secondary N) is 1. The monoisotopic (exact) mass is 358 g/mol. The summed E-state index contributed by atoms with van der Waals surface area (Å²) in [7, 11) is 0. The van der Waals surface area contributed by atoms with E-state index in [0.717, 1.165) is 22.5 Å². The highest BCUT2D eigenvalue weighted by Crippen LogP contribution is 2.32. The molecule has 0 fully saturated rings. The second-order valence-electron chi connectivity index (χ2n) is 6.17. The van der Waals surface area contributed by atoms with E-state index in [0.29, 0.717) is 23.9 Å². The zero-order valence-corrected chi connectivity index (χ0v) is 15.5. The van der Waals surface area contributed by atoms with Crippen LogP contribution in [-0.4, -0.2) is 29.9 Å². The lowest BCUT2D eigenvalue weighted by Gasteiger charge is -2.18. The Balaban J connectivity index is 2.02. The lowest BCUT2D eigenvalue weighted by atomic mass is 10.1. The van der Waals surface area contributed by atoms with Crippen molar-refractivity contribution in [2.45, 2.75) is 27.2 Å². The number of carbonyl (C=O) groups excluding carboxylic acids is 1. The Morgan fingerprint density at radius 2 is 2.28 bits per heavy atom. The molecule has 0 bridgehead atoms. The fourth-order valence-corrected chi connectivity index (χ4v) is 3.34. The molecule has 0 aliphatic carbocycles. The molecule has 132 valence electrons. The molecule has 0 radical (unpaired) electrons. The van der Waals surface area contributed by atoms with Crippen molar-refractivity contribution in [2.24, 2.45) is 16.0 Å². The van der Waals surface area contributed by atoms with Gasteiger partial charge in [-0.1, -0.05) is 13.8 Å². The van der Waals surface area contributed by atoms with Crippen LogP contribution in [0.4, 0.5) is 5.69 Å². The second kappa shape index (κ2) is 7.65. The first kappa shape index (κ1) is 17.4. The highest BCUT2D eigenvalue weighted by Gasteiger charge is 2.17. The SMILES string of the molecule is CCN=c1scc(-c2ccc3c(c2)NC(=O)CO3)n1N=CCC(C)C. The van der Waals surface area contributed by atoms with Gasteiger partial charge in [0.2, 0.25) is 4.80 Å². The van der Waals surface area contributed by atoms with Crippen molar-refractivity contribution >= 4 is 29.1 Å². The van der Waals surface area contributed by atoms with Gasteiger partial charge in [0.15, 0.2) is 6.61 Å². The first-order valence-electron chi connectivity index (χ1n) is 8.39. The highest BCUT2D eigenvalue weighted by molar-refractivity contribution is 7.07. The number of thiazole rings is 1. The van der Waals surface area contributed by atoms with Crippen molar-refractivity contribution in [3.05, 3.63) is 28.4 Å². The van der Waals surface area contributed by atoms with E-state index in [1.165, 1.54) is 0 Å². The lowest BCUT2D eigenvalue weighted by Crippen LogP contribution is -2.25. The molecule has 0 saturated carbocycles. The van der Waals surface area contributed by atoms with Crippen molar-refractivity contribution in [1.82, 2.24) is 4.68 Å². The molecule has 1 aliphatic rings. The number of fused-ring (bicyclic) bond motifs is 1. The summed E-state index contributed by atoms with van der Waals surface area (Å²) in [5.74, 6) is 1.10. The number of ether oxygens (including phenoxy) is 1. The quantitative estimate of drug-likeness (QED) is 0.833. The molecule has 2 aromatic rings. The van der Waals surface area contributed by atoms with Gasteiger partial charge in [-0.05, 0) is 37.5 Å². The molecule has 1 aromatic heterocycles. The van der Waals surface area contributed by atoms with Gasteiger partial charge in [-0.25, -0.2) is 4.68 Å². The highest BCUT2D eigenvalue weighted by atomic mass is 32.1. The van der Waals surface area contributed by atoms with Gasteiger partial charge < -0.3 is 10.1 Å². The van der Waals surface area contributed by atoms with Crippen LogP contribution in [-0.2, 0) is 4.79 Å². The van der Waals surface area contributed by atoms with Crippen LogP contribution in [0.5, 0.6) is 5.75 Å². The molecule has 1 amide bonds. The van der Waals surface area contributed by atoms with Crippen molar-refractivity contribution in [2.75, 3.05) is 18.5 Å². The largest absolute Gasteiger partial charge is 0.482 e. The van der Waals surface area contributed by atoms with E-state index >= 15 is 0 Å². The van der Waals surface area contributed by atoms with Crippen LogP contribution in [0.2, 0.25) is 0 Å². The summed E-state index contributed by atoms with van der Waals surface area (Å²) in [4.78, 5) is 16.9. The minimum Gasteiger partial charge on any atom is -0.482 e. The summed E-state index contributed by atoms with van der Waals surface area (Å²) < 4.78 is 7.29. The predicted molar refractivity (Wildman–Crippen MR) is 101 cm³/mol. The first-order valence-corrected chi connectivity index (χ1v) is 9.27. The lowest BCUT2D eigenvalue weighted by molar-refractivity contribution is -0.118. The maximum absolute atomic E-state index is 11.6. The van der Waals surface area contributed by atoms with E-state index in [-0.39, 0.29) is 12.5 Å². The molecule has 2 heterocycles. The molecule has 3 rings (SSSR count). The first-order chi connectivity index (χ1) is 12.1. The zero-order chi connectivity index (χ0) is 17.8. The summed E-state index contributed by atoms with van der Waals surface area (Å²) in [6, 6.07) is 5.77. The summed E-state index contributed by atoms with van der Waals surface area (Å²) in [6.45, 7) is 7.09. The third-order valence-corrected chi connectivity index (χ3v) is 4.51. The molecule has 0 saturated heterocycles. The average molecular weight is 358 g/mol. The number of benzene rings is 1. The third-order valence-electron chi connectivity index (χ3n) is 3.66. The third kappa shape index (κ3) is 3.99. The molecule has 0 spiro atoms. The zero-order valence-electron chi connectivity index (χ0n) is 14.7. The number of aromatic nitrogens is 1. The van der Waals surface area contributed by atoms with E-state index in [9.17, 15) is 4.79 Å². The van der Waals surface area contributed by atoms with Crippen LogP contribution in [0.25, 0.3) is 11.3 Å². The number of rotatable bonds is 5. The number of hydrogen-bond donors (Lipinski definition) is 1. The van der Waals surface area contributed by atoms with Crippen LogP contribution in [0.15, 0.2) is 33.7 Å². The minimum atomic E-state index is -0.139. The summed E-state index contributed by atoms with van der Waals surface area (Å²) in [5.41, 5.74) is 2.59. The Hall–Kier alpha value is -2.41. The molecule has 7 heteroatoms. The van der Waals surface area contributed by atoms with Gasteiger partial charge in [-0.2, -0.15) is 5.10 Å². The smallest absolute Gasteiger partial charge is 0.262 e. The van der Waals surface area contributed by atoms with E-state index in [2.05, 4.69) is 29.3 Å². The topological polar surface area (TPSA) is 68.0 Å². The van der Waals surface area contributed by atoms with Crippen molar-refractivity contribution in [1.29, 1.82) is 0 Å². The molecule has 6 nitrogen and oxygen atoms in total. The second-order valence-corrected chi connectivity index (χ2v) is 7.00. The fraction of sp³-hybridized carbons (Fsp3) is 0.389. The van der Waals surface area contributed by atoms with Gasteiger partial charge in [0, 0.05) is 23.7 Å². The molecule has 0 unspecified atom stereocenters. The molecule has 0 atom stereocenters. The fourth-order valence-electron chi connectivity index (χ4n) is 2.43. The summed E-state index contributed by atoms with van der Waals surface area (Å²) in [5, 5.41) is 9.50. The number of hydrogen-bond acceptors (Lipinski definition) is 5. The normalized spacial score (nSPS) is 14.7. The van der Waals surface area contributed by atoms with Crippen LogP contribution in [0.3, 0.4) is 0 Å². The van der Waals surface area contributed by atoms with E-state index in [1.807, 2.05) is 41.4 Å². The molecular formula is C18H22N4O2S. The van der Waals surface area contributed by atoms with Gasteiger partial charge in [0.1, 0.15) is 5.75 Å². The van der Waals surface area contributed by atoms with E-state index in [1.54, 1.807) is 11.3 Å². The summed E-state index contributed by atoms with van der Waals surface area (Å²) in [6.07, 6.45) is 2.83. The number of amides is 1. The number of carbonyl (C=O) groups is 1. The molecule has 25 heavy (non-hydrogen) atoms. The average Bonchev–Trinajstić information content (AvgIpc) is 2.97. The molecule has 1 aliphatic heterocycles. The van der Waals surface area contributed by atoms with Crippen LogP contribution in [0.1, 0.15) is 27.2 Å². The van der Waals surface area contributed by atoms with E-state index in [4.69, 9.17) is 4.74 Å². The Morgan fingerprint density at radius 1 is 1.44 bits per heavy atom. The number of anilines is 1. The predicted octanol–water partition coefficient (Wildman–Crippen LogP) is 3.35. The number of nitrogens with zero attached hydrogens (tertiary/aromatic N) is 3. The van der Waals surface area contributed by atoms with Gasteiger partial charge >= 0.3 is 0 Å². The Kier molecular flexibility index (Phi) is 5.33. The maximum atomic E-state index is 11.6. The van der Waals surface area contributed by atoms with Crippen LogP contribution >= 0.6 is 11.3 Å². The van der Waals surface area contributed by atoms with Crippen LogP contribution < -0.4 is 14.9 Å². The van der Waals surface area contributed by atoms with Gasteiger partial charge in [-0.15, -0.1) is 11.3 Å². The molecular weight excluding hydrogens is 336 g/mol. The summed E-state index contributed by atoms with van der Waals surface area (Å²) >= 11 is 1.56. The van der Waals surface area contributed by atoms with Crippen molar-refractivity contribution < 1.29 is 9.53 Å². The Labute approximate surface area is 150 Å². The molecule has 1 N–H and O–H groups in total. The van der Waals surface area contributed by atoms with Crippen LogP contribution in [0, 0.1) is 5.92 Å². The van der Waals surface area contributed by atoms with Gasteiger partial charge in [0.05, 0.1) is 11.4 Å². The standard InChI is InChI=1S/C18H22N4O2S/c1-4-19-18-22(20-8-7-12(2)3)15(11-25-18)13-5-6-16-14(9-13)21-17(23)10-24-16/h5-6,8-9,11-12H,4,7,10H2,1-3H3,(H,21,23). The Morgan fingerprint density at radius 3 is 3.04 bits per heavy atom. The van der Waals surface area contributed by atoms with Crippen molar-refractivity contribution in [3.8, 4) is 17.0 Å². The maximum Gasteiger partial charge on any atom is 0.262 e. The van der Waals surface area contributed by atoms with Gasteiger partial charge in [0.25, 0.3) is 5.91 Å².